The molecular weight excluding hydrogens is 232 g/mol. The lowest BCUT2D eigenvalue weighted by molar-refractivity contribution is -0.168. The van der Waals surface area contributed by atoms with Crippen molar-refractivity contribution in [2.24, 2.45) is 0 Å². The molecule has 0 spiro atoms. The lowest BCUT2D eigenvalue weighted by Crippen LogP contribution is -2.35. The molecule has 0 aromatic carbocycles. The molecule has 0 bridgehead atoms. The number of rotatable bonds is 6. The first-order valence-corrected chi connectivity index (χ1v) is 5.12. The van der Waals surface area contributed by atoms with E-state index in [1.165, 1.54) is 14.2 Å². The van der Waals surface area contributed by atoms with Crippen LogP contribution in [0.2, 0.25) is 0 Å². The molecule has 7 nitrogen and oxygen atoms in total. The standard InChI is InChI=1S/C10H16O7/c1-13-5-9(11)16-7-3-15-4-8(7)17-10(12)6-14-2/h7-8H,3-6H2,1-2H3. The molecule has 2 atom stereocenters. The average molecular weight is 248 g/mol. The fourth-order valence-corrected chi connectivity index (χ4v) is 1.38. The highest BCUT2D eigenvalue weighted by atomic mass is 16.6. The van der Waals surface area contributed by atoms with Gasteiger partial charge in [0.1, 0.15) is 13.2 Å². The Bertz CT molecular complexity index is 239. The summed E-state index contributed by atoms with van der Waals surface area (Å²) in [5, 5.41) is 0. The third-order valence-electron chi connectivity index (χ3n) is 2.07. The summed E-state index contributed by atoms with van der Waals surface area (Å²) in [6, 6.07) is 0. The van der Waals surface area contributed by atoms with Crippen molar-refractivity contribution in [1.82, 2.24) is 0 Å². The average Bonchev–Trinajstić information content (AvgIpc) is 2.66. The van der Waals surface area contributed by atoms with E-state index in [1.807, 2.05) is 0 Å². The second kappa shape index (κ2) is 7.21. The lowest BCUT2D eigenvalue weighted by atomic mass is 10.2. The molecule has 7 heteroatoms. The summed E-state index contributed by atoms with van der Waals surface area (Å²) in [5.41, 5.74) is 0. The molecule has 17 heavy (non-hydrogen) atoms. The van der Waals surface area contributed by atoms with Crippen LogP contribution in [-0.4, -0.2) is 64.8 Å². The molecule has 0 saturated carbocycles. The number of hydrogen-bond acceptors (Lipinski definition) is 7. The number of methoxy groups -OCH3 is 2. The Hall–Kier alpha value is -1.18. The van der Waals surface area contributed by atoms with Gasteiger partial charge >= 0.3 is 11.9 Å². The fourth-order valence-electron chi connectivity index (χ4n) is 1.38. The third kappa shape index (κ3) is 4.68. The lowest BCUT2D eigenvalue weighted by Gasteiger charge is -2.18. The van der Waals surface area contributed by atoms with Crippen LogP contribution in [0.5, 0.6) is 0 Å². The molecule has 1 heterocycles. The molecule has 0 radical (unpaired) electrons. The van der Waals surface area contributed by atoms with E-state index in [0.717, 1.165) is 0 Å². The van der Waals surface area contributed by atoms with Crippen molar-refractivity contribution in [3.05, 3.63) is 0 Å². The number of carbonyl (C=O) groups is 2. The Morgan fingerprint density at radius 1 is 1.00 bits per heavy atom. The van der Waals surface area contributed by atoms with E-state index in [9.17, 15) is 9.59 Å². The van der Waals surface area contributed by atoms with E-state index < -0.39 is 24.1 Å². The quantitative estimate of drug-likeness (QED) is 0.565. The predicted molar refractivity (Wildman–Crippen MR) is 54.3 cm³/mol. The number of ether oxygens (including phenoxy) is 5. The van der Waals surface area contributed by atoms with Crippen LogP contribution in [0.15, 0.2) is 0 Å². The van der Waals surface area contributed by atoms with E-state index in [4.69, 9.17) is 14.2 Å². The zero-order chi connectivity index (χ0) is 12.7. The molecule has 1 aliphatic rings. The van der Waals surface area contributed by atoms with Crippen LogP contribution < -0.4 is 0 Å². The molecule has 0 aromatic rings. The minimum Gasteiger partial charge on any atom is -0.454 e. The normalized spacial score (nSPS) is 23.4. The van der Waals surface area contributed by atoms with Crippen molar-refractivity contribution < 1.29 is 33.3 Å². The molecule has 98 valence electrons. The molecule has 0 aromatic heterocycles. The third-order valence-corrected chi connectivity index (χ3v) is 2.07. The maximum atomic E-state index is 11.2. The van der Waals surface area contributed by atoms with Crippen LogP contribution in [0.3, 0.4) is 0 Å². The second-order valence-electron chi connectivity index (χ2n) is 3.46. The van der Waals surface area contributed by atoms with Crippen LogP contribution in [-0.2, 0) is 33.3 Å². The van der Waals surface area contributed by atoms with Gasteiger partial charge in [0.05, 0.1) is 13.2 Å². The molecule has 0 N–H and O–H groups in total. The van der Waals surface area contributed by atoms with E-state index in [-0.39, 0.29) is 26.4 Å². The van der Waals surface area contributed by atoms with Crippen molar-refractivity contribution >= 4 is 11.9 Å². The van der Waals surface area contributed by atoms with Gasteiger partial charge in [-0.15, -0.1) is 0 Å². The Labute approximate surface area is 98.9 Å². The molecule has 0 aliphatic carbocycles. The van der Waals surface area contributed by atoms with Crippen molar-refractivity contribution in [3.8, 4) is 0 Å². The van der Waals surface area contributed by atoms with E-state index in [1.54, 1.807) is 0 Å². The minimum atomic E-state index is -0.585. The molecule has 1 rings (SSSR count). The van der Waals surface area contributed by atoms with Gasteiger partial charge in [0.15, 0.2) is 12.2 Å². The Morgan fingerprint density at radius 2 is 1.41 bits per heavy atom. The summed E-state index contributed by atoms with van der Waals surface area (Å²) < 4.78 is 24.4. The van der Waals surface area contributed by atoms with Gasteiger partial charge in [0.25, 0.3) is 0 Å². The Kier molecular flexibility index (Phi) is 5.88. The zero-order valence-corrected chi connectivity index (χ0v) is 9.84. The van der Waals surface area contributed by atoms with Gasteiger partial charge < -0.3 is 23.7 Å². The van der Waals surface area contributed by atoms with Crippen molar-refractivity contribution in [1.29, 1.82) is 0 Å². The Balaban J connectivity index is 2.38. The SMILES string of the molecule is COCC(=O)OC1COCC1OC(=O)COC. The molecular formula is C10H16O7. The molecule has 1 saturated heterocycles. The van der Waals surface area contributed by atoms with E-state index in [0.29, 0.717) is 0 Å². The summed E-state index contributed by atoms with van der Waals surface area (Å²) >= 11 is 0. The molecule has 1 fully saturated rings. The first kappa shape index (κ1) is 13.9. The van der Waals surface area contributed by atoms with Gasteiger partial charge in [0, 0.05) is 14.2 Å². The zero-order valence-electron chi connectivity index (χ0n) is 9.84. The highest BCUT2D eigenvalue weighted by Gasteiger charge is 2.34. The summed E-state index contributed by atoms with van der Waals surface area (Å²) in [7, 11) is 2.78. The van der Waals surface area contributed by atoms with E-state index in [2.05, 4.69) is 9.47 Å². The van der Waals surface area contributed by atoms with Crippen LogP contribution in [0.4, 0.5) is 0 Å². The van der Waals surface area contributed by atoms with Crippen LogP contribution in [0.1, 0.15) is 0 Å². The highest BCUT2D eigenvalue weighted by molar-refractivity contribution is 5.72. The molecule has 1 aliphatic heterocycles. The topological polar surface area (TPSA) is 80.3 Å². The minimum absolute atomic E-state index is 0.144. The van der Waals surface area contributed by atoms with E-state index >= 15 is 0 Å². The van der Waals surface area contributed by atoms with Crippen molar-refractivity contribution in [2.45, 2.75) is 12.2 Å². The number of esters is 2. The maximum absolute atomic E-state index is 11.2. The first-order chi connectivity index (χ1) is 8.17. The van der Waals surface area contributed by atoms with Crippen LogP contribution in [0, 0.1) is 0 Å². The maximum Gasteiger partial charge on any atom is 0.332 e. The van der Waals surface area contributed by atoms with Gasteiger partial charge in [0.2, 0.25) is 0 Å². The fraction of sp³-hybridized carbons (Fsp3) is 0.800. The first-order valence-electron chi connectivity index (χ1n) is 5.12. The second-order valence-corrected chi connectivity index (χ2v) is 3.46. The van der Waals surface area contributed by atoms with Gasteiger partial charge in [-0.1, -0.05) is 0 Å². The van der Waals surface area contributed by atoms with Gasteiger partial charge in [-0.05, 0) is 0 Å². The van der Waals surface area contributed by atoms with Crippen LogP contribution in [0.25, 0.3) is 0 Å². The highest BCUT2D eigenvalue weighted by Crippen LogP contribution is 2.14. The summed E-state index contributed by atoms with van der Waals surface area (Å²) in [5.74, 6) is -1.04. The van der Waals surface area contributed by atoms with Crippen molar-refractivity contribution in [2.75, 3.05) is 40.6 Å². The van der Waals surface area contributed by atoms with Gasteiger partial charge in [-0.3, -0.25) is 0 Å². The van der Waals surface area contributed by atoms with Crippen LogP contribution >= 0.6 is 0 Å². The predicted octanol–water partition coefficient (Wildman–Crippen LogP) is -0.867. The van der Waals surface area contributed by atoms with Crippen molar-refractivity contribution in [3.63, 3.8) is 0 Å². The van der Waals surface area contributed by atoms with Gasteiger partial charge in [-0.2, -0.15) is 0 Å². The molecule has 0 amide bonds. The molecule has 2 unspecified atom stereocenters. The summed E-state index contributed by atoms with van der Waals surface area (Å²) in [6.45, 7) is 0.130. The largest absolute Gasteiger partial charge is 0.454 e. The Morgan fingerprint density at radius 3 is 1.76 bits per heavy atom. The van der Waals surface area contributed by atoms with Gasteiger partial charge in [-0.25, -0.2) is 9.59 Å². The number of hydrogen-bond donors (Lipinski definition) is 0. The number of carbonyl (C=O) groups excluding carboxylic acids is 2. The summed E-state index contributed by atoms with van der Waals surface area (Å²) in [4.78, 5) is 22.4. The smallest absolute Gasteiger partial charge is 0.332 e. The summed E-state index contributed by atoms with van der Waals surface area (Å²) in [6.07, 6.45) is -1.17. The monoisotopic (exact) mass is 248 g/mol.